The number of hydrogen-bond acceptors (Lipinski definition) is 4. The van der Waals surface area contributed by atoms with Gasteiger partial charge in [0.1, 0.15) is 11.3 Å². The van der Waals surface area contributed by atoms with Crippen LogP contribution in [0.25, 0.3) is 16.8 Å². The first kappa shape index (κ1) is 16.0. The van der Waals surface area contributed by atoms with Gasteiger partial charge >= 0.3 is 11.9 Å². The molecular formula is C12H12BrF3N6O. The SMILES string of the molecule is Cc1nc2c3[nH]c(Br)nc3n(CCCCC(F)(F)F)c(=O)n2n1. The number of rotatable bonds is 4. The van der Waals surface area contributed by atoms with E-state index >= 15 is 0 Å². The van der Waals surface area contributed by atoms with E-state index in [0.29, 0.717) is 27.4 Å². The van der Waals surface area contributed by atoms with Crippen molar-refractivity contribution in [3.05, 3.63) is 21.0 Å². The molecule has 0 aliphatic carbocycles. The molecular weight excluding hydrogens is 381 g/mol. The van der Waals surface area contributed by atoms with Gasteiger partial charge in [-0.2, -0.15) is 17.7 Å². The van der Waals surface area contributed by atoms with Gasteiger partial charge in [-0.1, -0.05) is 0 Å². The summed E-state index contributed by atoms with van der Waals surface area (Å²) in [6.45, 7) is 1.77. The van der Waals surface area contributed by atoms with Crippen LogP contribution in [-0.2, 0) is 6.54 Å². The fourth-order valence-corrected chi connectivity index (χ4v) is 2.77. The molecule has 0 aromatic carbocycles. The summed E-state index contributed by atoms with van der Waals surface area (Å²) in [6, 6.07) is 0. The monoisotopic (exact) mass is 392 g/mol. The summed E-state index contributed by atoms with van der Waals surface area (Å²) in [5.74, 6) is 0.420. The van der Waals surface area contributed by atoms with Gasteiger partial charge in [0.05, 0.1) is 0 Å². The summed E-state index contributed by atoms with van der Waals surface area (Å²) in [5, 5.41) is 4.03. The predicted molar refractivity (Wildman–Crippen MR) is 79.2 cm³/mol. The Morgan fingerprint density at radius 3 is 2.65 bits per heavy atom. The highest BCUT2D eigenvalue weighted by Crippen LogP contribution is 2.23. The average molecular weight is 393 g/mol. The second-order valence-corrected chi connectivity index (χ2v) is 5.88. The lowest BCUT2D eigenvalue weighted by molar-refractivity contribution is -0.135. The van der Waals surface area contributed by atoms with Crippen molar-refractivity contribution in [2.75, 3.05) is 0 Å². The standard InChI is InChI=1S/C12H12BrF3N6O/c1-6-17-9-7-8(19-10(13)18-7)21(11(23)22(9)20-6)5-3-2-4-12(14,15)16/h2-5H2,1H3,(H,18,19). The van der Waals surface area contributed by atoms with Gasteiger partial charge in [0.25, 0.3) is 0 Å². The first-order valence-electron chi connectivity index (χ1n) is 6.84. The first-order chi connectivity index (χ1) is 10.8. The minimum absolute atomic E-state index is 0.0581. The van der Waals surface area contributed by atoms with Crippen molar-refractivity contribution in [2.45, 2.75) is 38.9 Å². The number of hydrogen-bond donors (Lipinski definition) is 1. The van der Waals surface area contributed by atoms with Crippen LogP contribution in [0.3, 0.4) is 0 Å². The number of aromatic amines is 1. The van der Waals surface area contributed by atoms with E-state index in [-0.39, 0.29) is 19.4 Å². The van der Waals surface area contributed by atoms with Crippen LogP contribution in [0, 0.1) is 6.92 Å². The molecule has 3 heterocycles. The molecule has 0 aliphatic heterocycles. The molecule has 0 bridgehead atoms. The van der Waals surface area contributed by atoms with Crippen molar-refractivity contribution in [1.29, 1.82) is 0 Å². The molecule has 124 valence electrons. The maximum Gasteiger partial charge on any atom is 0.389 e. The van der Waals surface area contributed by atoms with E-state index in [1.165, 1.54) is 4.57 Å². The quantitative estimate of drug-likeness (QED) is 0.546. The highest BCUT2D eigenvalue weighted by Gasteiger charge is 2.26. The van der Waals surface area contributed by atoms with Gasteiger partial charge in [0.15, 0.2) is 16.0 Å². The molecule has 0 unspecified atom stereocenters. The number of alkyl halides is 3. The lowest BCUT2D eigenvalue weighted by atomic mass is 10.2. The number of nitrogens with zero attached hydrogens (tertiary/aromatic N) is 5. The smallest absolute Gasteiger partial charge is 0.328 e. The Hall–Kier alpha value is -1.91. The molecule has 0 saturated carbocycles. The van der Waals surface area contributed by atoms with Crippen LogP contribution >= 0.6 is 15.9 Å². The van der Waals surface area contributed by atoms with E-state index in [2.05, 4.69) is 36.0 Å². The largest absolute Gasteiger partial charge is 0.389 e. The van der Waals surface area contributed by atoms with Crippen molar-refractivity contribution in [3.63, 3.8) is 0 Å². The molecule has 0 saturated heterocycles. The Balaban J connectivity index is 2.00. The van der Waals surface area contributed by atoms with Gasteiger partial charge < -0.3 is 4.98 Å². The molecule has 0 fully saturated rings. The van der Waals surface area contributed by atoms with E-state index in [1.54, 1.807) is 6.92 Å². The van der Waals surface area contributed by atoms with Gasteiger partial charge in [-0.25, -0.2) is 14.8 Å². The van der Waals surface area contributed by atoms with Crippen LogP contribution in [-0.4, -0.2) is 35.3 Å². The molecule has 7 nitrogen and oxygen atoms in total. The molecule has 0 spiro atoms. The molecule has 1 N–H and O–H groups in total. The average Bonchev–Trinajstić information content (AvgIpc) is 2.99. The highest BCUT2D eigenvalue weighted by molar-refractivity contribution is 9.10. The minimum Gasteiger partial charge on any atom is -0.328 e. The lowest BCUT2D eigenvalue weighted by Gasteiger charge is -2.08. The van der Waals surface area contributed by atoms with Crippen molar-refractivity contribution < 1.29 is 13.2 Å². The van der Waals surface area contributed by atoms with Crippen molar-refractivity contribution in [1.82, 2.24) is 29.1 Å². The number of imidazole rings is 1. The Morgan fingerprint density at radius 1 is 1.22 bits per heavy atom. The van der Waals surface area contributed by atoms with Crippen LogP contribution < -0.4 is 5.69 Å². The summed E-state index contributed by atoms with van der Waals surface area (Å²) < 4.78 is 39.5. The van der Waals surface area contributed by atoms with Gasteiger partial charge in [0.2, 0.25) is 0 Å². The van der Waals surface area contributed by atoms with E-state index in [4.69, 9.17) is 0 Å². The number of unbranched alkanes of at least 4 members (excludes halogenated alkanes) is 1. The Kier molecular flexibility index (Phi) is 3.90. The maximum atomic E-state index is 12.5. The number of fused-ring (bicyclic) bond motifs is 3. The first-order valence-corrected chi connectivity index (χ1v) is 7.64. The lowest BCUT2D eigenvalue weighted by Crippen LogP contribution is -2.28. The number of nitrogens with one attached hydrogen (secondary N) is 1. The molecule has 23 heavy (non-hydrogen) atoms. The molecule has 0 atom stereocenters. The van der Waals surface area contributed by atoms with E-state index in [9.17, 15) is 18.0 Å². The number of halogens is 4. The van der Waals surface area contributed by atoms with Crippen LogP contribution in [0.5, 0.6) is 0 Å². The fraction of sp³-hybridized carbons (Fsp3) is 0.500. The van der Waals surface area contributed by atoms with Gasteiger partial charge in [-0.3, -0.25) is 4.57 Å². The third kappa shape index (κ3) is 3.09. The van der Waals surface area contributed by atoms with Crippen LogP contribution in [0.1, 0.15) is 25.1 Å². The highest BCUT2D eigenvalue weighted by atomic mass is 79.9. The van der Waals surface area contributed by atoms with Gasteiger partial charge in [-0.15, -0.1) is 5.10 Å². The molecule has 3 rings (SSSR count). The third-order valence-electron chi connectivity index (χ3n) is 3.35. The van der Waals surface area contributed by atoms with E-state index < -0.39 is 18.3 Å². The number of aromatic nitrogens is 6. The van der Waals surface area contributed by atoms with Crippen molar-refractivity contribution in [2.24, 2.45) is 0 Å². The van der Waals surface area contributed by atoms with Crippen LogP contribution in [0.15, 0.2) is 9.53 Å². The number of aryl methyl sites for hydroxylation is 2. The molecule has 0 amide bonds. The van der Waals surface area contributed by atoms with Crippen LogP contribution in [0.2, 0.25) is 0 Å². The molecule has 11 heteroatoms. The summed E-state index contributed by atoms with van der Waals surface area (Å²) >= 11 is 3.20. The summed E-state index contributed by atoms with van der Waals surface area (Å²) in [4.78, 5) is 23.8. The fourth-order valence-electron chi connectivity index (χ4n) is 2.40. The Morgan fingerprint density at radius 2 is 1.96 bits per heavy atom. The maximum absolute atomic E-state index is 12.5. The Bertz CT molecular complexity index is 925. The van der Waals surface area contributed by atoms with E-state index in [0.717, 1.165) is 4.52 Å². The zero-order chi connectivity index (χ0) is 16.8. The summed E-state index contributed by atoms with van der Waals surface area (Å²) in [5.41, 5.74) is 0.716. The topological polar surface area (TPSA) is 80.9 Å². The minimum atomic E-state index is -4.19. The third-order valence-corrected chi connectivity index (χ3v) is 3.73. The van der Waals surface area contributed by atoms with Crippen molar-refractivity contribution >= 4 is 32.7 Å². The molecule has 0 radical (unpaired) electrons. The summed E-state index contributed by atoms with van der Waals surface area (Å²) in [6.07, 6.45) is -4.92. The molecule has 3 aromatic heterocycles. The zero-order valence-corrected chi connectivity index (χ0v) is 13.6. The Labute approximate surface area is 135 Å². The molecule has 0 aliphatic rings. The van der Waals surface area contributed by atoms with Crippen LogP contribution in [0.4, 0.5) is 13.2 Å². The molecule has 3 aromatic rings. The van der Waals surface area contributed by atoms with Crippen molar-refractivity contribution in [3.8, 4) is 0 Å². The normalized spacial score (nSPS) is 12.6. The zero-order valence-electron chi connectivity index (χ0n) is 12.0. The number of H-pyrrole nitrogens is 1. The van der Waals surface area contributed by atoms with E-state index in [1.807, 2.05) is 0 Å². The predicted octanol–water partition coefficient (Wildman–Crippen LogP) is 2.57. The second-order valence-electron chi connectivity index (χ2n) is 5.13. The summed E-state index contributed by atoms with van der Waals surface area (Å²) in [7, 11) is 0. The second kappa shape index (κ2) is 5.62. The van der Waals surface area contributed by atoms with Gasteiger partial charge in [0, 0.05) is 13.0 Å². The van der Waals surface area contributed by atoms with Gasteiger partial charge in [-0.05, 0) is 35.7 Å².